The molecule has 0 saturated carbocycles. The van der Waals surface area contributed by atoms with Gasteiger partial charge in [0.2, 0.25) is 0 Å². The number of H-pyrrole nitrogens is 1. The molecule has 2 aromatic rings. The van der Waals surface area contributed by atoms with Gasteiger partial charge < -0.3 is 15.2 Å². The molecule has 0 saturated heterocycles. The number of carboxylic acids is 1. The molecule has 0 aliphatic heterocycles. The number of fused-ring (bicyclic) bond motifs is 1. The molecule has 1 aromatic carbocycles. The van der Waals surface area contributed by atoms with E-state index in [0.29, 0.717) is 0 Å². The zero-order valence-electron chi connectivity index (χ0n) is 7.32. The highest BCUT2D eigenvalue weighted by atomic mass is 16.4. The fourth-order valence-electron chi connectivity index (χ4n) is 1.40. The fraction of sp³-hybridized carbons (Fsp3) is 0.100. The van der Waals surface area contributed by atoms with Crippen molar-refractivity contribution in [3.05, 3.63) is 35.5 Å². The van der Waals surface area contributed by atoms with E-state index in [2.05, 4.69) is 4.98 Å². The Morgan fingerprint density at radius 2 is 2.14 bits per heavy atom. The summed E-state index contributed by atoms with van der Waals surface area (Å²) in [6, 6.07) is 6.83. The molecule has 2 rings (SSSR count). The minimum atomic E-state index is -0.980. The van der Waals surface area contributed by atoms with Gasteiger partial charge in [-0.25, -0.2) is 4.79 Å². The van der Waals surface area contributed by atoms with Crippen LogP contribution < -0.4 is 0 Å². The Balaban J connectivity index is 2.60. The van der Waals surface area contributed by atoms with Crippen molar-refractivity contribution in [1.29, 1.82) is 0 Å². The number of aromatic amines is 1. The molecule has 3 N–H and O–H groups in total. The van der Waals surface area contributed by atoms with E-state index in [0.717, 1.165) is 16.5 Å². The zero-order chi connectivity index (χ0) is 10.1. The van der Waals surface area contributed by atoms with Crippen molar-refractivity contribution in [2.45, 2.75) is 6.61 Å². The highest BCUT2D eigenvalue weighted by molar-refractivity contribution is 5.93. The van der Waals surface area contributed by atoms with Gasteiger partial charge in [0.1, 0.15) is 5.69 Å². The van der Waals surface area contributed by atoms with Gasteiger partial charge in [0.15, 0.2) is 0 Å². The number of aliphatic hydroxyl groups excluding tert-OH is 1. The number of aliphatic hydroxyl groups is 1. The van der Waals surface area contributed by atoms with Crippen LogP contribution in [0, 0.1) is 0 Å². The summed E-state index contributed by atoms with van der Waals surface area (Å²) in [6.45, 7) is -0.0382. The number of carbonyl (C=O) groups is 1. The van der Waals surface area contributed by atoms with Gasteiger partial charge in [-0.05, 0) is 23.8 Å². The van der Waals surface area contributed by atoms with Gasteiger partial charge >= 0.3 is 5.97 Å². The van der Waals surface area contributed by atoms with E-state index in [1.54, 1.807) is 24.3 Å². The average Bonchev–Trinajstić information content (AvgIpc) is 2.59. The minimum Gasteiger partial charge on any atom is -0.477 e. The average molecular weight is 191 g/mol. The predicted octanol–water partition coefficient (Wildman–Crippen LogP) is 1.36. The van der Waals surface area contributed by atoms with Crippen LogP contribution in [0.4, 0.5) is 0 Å². The fourth-order valence-corrected chi connectivity index (χ4v) is 1.40. The van der Waals surface area contributed by atoms with E-state index in [4.69, 9.17) is 10.2 Å². The maximum atomic E-state index is 10.6. The Labute approximate surface area is 79.8 Å². The maximum Gasteiger partial charge on any atom is 0.352 e. The molecule has 1 aromatic heterocycles. The number of nitrogens with one attached hydrogen (secondary N) is 1. The highest BCUT2D eigenvalue weighted by Crippen LogP contribution is 2.17. The lowest BCUT2D eigenvalue weighted by Gasteiger charge is -1.94. The van der Waals surface area contributed by atoms with E-state index in [1.807, 2.05) is 0 Å². The summed E-state index contributed by atoms with van der Waals surface area (Å²) in [5.41, 5.74) is 1.70. The van der Waals surface area contributed by atoms with Crippen molar-refractivity contribution < 1.29 is 15.0 Å². The smallest absolute Gasteiger partial charge is 0.352 e. The summed E-state index contributed by atoms with van der Waals surface area (Å²) < 4.78 is 0. The Morgan fingerprint density at radius 1 is 1.36 bits per heavy atom. The molecule has 14 heavy (non-hydrogen) atoms. The van der Waals surface area contributed by atoms with E-state index >= 15 is 0 Å². The molecule has 0 amide bonds. The molecule has 0 aliphatic carbocycles. The summed E-state index contributed by atoms with van der Waals surface area (Å²) in [5.74, 6) is -0.980. The lowest BCUT2D eigenvalue weighted by Crippen LogP contribution is -1.94. The van der Waals surface area contributed by atoms with Gasteiger partial charge in [-0.1, -0.05) is 6.07 Å². The normalized spacial score (nSPS) is 10.6. The Hall–Kier alpha value is -1.81. The van der Waals surface area contributed by atoms with Crippen LogP contribution in [0.15, 0.2) is 24.3 Å². The van der Waals surface area contributed by atoms with Gasteiger partial charge in [-0.3, -0.25) is 0 Å². The summed E-state index contributed by atoms with van der Waals surface area (Å²) in [5, 5.41) is 18.4. The van der Waals surface area contributed by atoms with Gasteiger partial charge in [0, 0.05) is 10.9 Å². The number of hydrogen-bond acceptors (Lipinski definition) is 2. The predicted molar refractivity (Wildman–Crippen MR) is 51.2 cm³/mol. The Bertz CT molecular complexity index is 487. The molecular formula is C10H9NO3. The van der Waals surface area contributed by atoms with Crippen LogP contribution in [0.2, 0.25) is 0 Å². The first-order valence-electron chi connectivity index (χ1n) is 4.16. The third kappa shape index (κ3) is 1.36. The van der Waals surface area contributed by atoms with Gasteiger partial charge in [-0.15, -0.1) is 0 Å². The third-order valence-electron chi connectivity index (χ3n) is 2.10. The first kappa shape index (κ1) is 8.77. The zero-order valence-corrected chi connectivity index (χ0v) is 7.32. The Morgan fingerprint density at radius 3 is 2.79 bits per heavy atom. The first-order valence-corrected chi connectivity index (χ1v) is 4.16. The lowest BCUT2D eigenvalue weighted by atomic mass is 10.2. The van der Waals surface area contributed by atoms with Crippen LogP contribution in [-0.4, -0.2) is 21.2 Å². The maximum absolute atomic E-state index is 10.6. The van der Waals surface area contributed by atoms with E-state index in [9.17, 15) is 4.79 Å². The molecule has 0 atom stereocenters. The first-order chi connectivity index (χ1) is 6.70. The van der Waals surface area contributed by atoms with Crippen LogP contribution in [-0.2, 0) is 6.61 Å². The standard InChI is InChI=1S/C10H9NO3/c12-5-6-1-2-8-7(3-6)4-9(11-8)10(13)14/h1-4,11-12H,5H2,(H,13,14). The SMILES string of the molecule is O=C(O)c1cc2cc(CO)ccc2[nH]1. The second kappa shape index (κ2) is 3.16. The van der Waals surface area contributed by atoms with Crippen LogP contribution in [0.5, 0.6) is 0 Å². The van der Waals surface area contributed by atoms with Crippen molar-refractivity contribution in [1.82, 2.24) is 4.98 Å². The van der Waals surface area contributed by atoms with Gasteiger partial charge in [-0.2, -0.15) is 0 Å². The van der Waals surface area contributed by atoms with Crippen molar-refractivity contribution >= 4 is 16.9 Å². The molecular weight excluding hydrogens is 182 g/mol. The number of hydrogen-bond donors (Lipinski definition) is 3. The van der Waals surface area contributed by atoms with Crippen molar-refractivity contribution in [3.63, 3.8) is 0 Å². The number of aromatic nitrogens is 1. The topological polar surface area (TPSA) is 73.3 Å². The second-order valence-electron chi connectivity index (χ2n) is 3.07. The minimum absolute atomic E-state index is 0.0382. The van der Waals surface area contributed by atoms with E-state index in [-0.39, 0.29) is 12.3 Å². The van der Waals surface area contributed by atoms with Crippen LogP contribution in [0.25, 0.3) is 10.9 Å². The number of benzene rings is 1. The molecule has 0 bridgehead atoms. The van der Waals surface area contributed by atoms with E-state index < -0.39 is 5.97 Å². The number of rotatable bonds is 2. The van der Waals surface area contributed by atoms with Crippen molar-refractivity contribution in [3.8, 4) is 0 Å². The highest BCUT2D eigenvalue weighted by Gasteiger charge is 2.06. The molecule has 0 spiro atoms. The molecule has 1 heterocycles. The molecule has 0 radical (unpaired) electrons. The number of carboxylic acid groups (broad SMARTS) is 1. The van der Waals surface area contributed by atoms with Gasteiger partial charge in [0.25, 0.3) is 0 Å². The third-order valence-corrected chi connectivity index (χ3v) is 2.10. The molecule has 72 valence electrons. The molecule has 0 aliphatic rings. The van der Waals surface area contributed by atoms with Crippen LogP contribution in [0.3, 0.4) is 0 Å². The molecule has 4 nitrogen and oxygen atoms in total. The lowest BCUT2D eigenvalue weighted by molar-refractivity contribution is 0.0691. The van der Waals surface area contributed by atoms with Gasteiger partial charge in [0.05, 0.1) is 6.61 Å². The number of aromatic carboxylic acids is 1. The second-order valence-corrected chi connectivity index (χ2v) is 3.07. The summed E-state index contributed by atoms with van der Waals surface area (Å²) in [7, 11) is 0. The monoisotopic (exact) mass is 191 g/mol. The van der Waals surface area contributed by atoms with Crippen LogP contribution in [0.1, 0.15) is 16.1 Å². The van der Waals surface area contributed by atoms with E-state index in [1.165, 1.54) is 0 Å². The Kier molecular flexibility index (Phi) is 1.98. The summed E-state index contributed by atoms with van der Waals surface area (Å²) >= 11 is 0. The summed E-state index contributed by atoms with van der Waals surface area (Å²) in [6.07, 6.45) is 0. The van der Waals surface area contributed by atoms with Crippen LogP contribution >= 0.6 is 0 Å². The quantitative estimate of drug-likeness (QED) is 0.671. The van der Waals surface area contributed by atoms with Crippen molar-refractivity contribution in [2.75, 3.05) is 0 Å². The molecule has 4 heteroatoms. The summed E-state index contributed by atoms with van der Waals surface area (Å²) in [4.78, 5) is 13.4. The molecule has 0 unspecified atom stereocenters. The largest absolute Gasteiger partial charge is 0.477 e. The molecule has 0 fully saturated rings. The van der Waals surface area contributed by atoms with Crippen molar-refractivity contribution in [2.24, 2.45) is 0 Å².